The summed E-state index contributed by atoms with van der Waals surface area (Å²) in [7, 11) is 0. The molecule has 1 aromatic rings. The number of Topliss-reactive ketones (excluding diaryl/α,β-unsaturated/α-hetero) is 2. The van der Waals surface area contributed by atoms with Crippen molar-refractivity contribution in [3.05, 3.63) is 41.5 Å². The summed E-state index contributed by atoms with van der Waals surface area (Å²) in [4.78, 5) is 28.5. The second-order valence-electron chi connectivity index (χ2n) is 5.58. The zero-order valence-corrected chi connectivity index (χ0v) is 12.5. The molecular weight excluding hydrogens is 278 g/mol. The summed E-state index contributed by atoms with van der Waals surface area (Å²) in [5.74, 6) is 0.827. The van der Waals surface area contributed by atoms with E-state index in [4.69, 9.17) is 4.74 Å². The summed E-state index contributed by atoms with van der Waals surface area (Å²) in [6.45, 7) is 1.40. The molecule has 0 fully saturated rings. The highest BCUT2D eigenvalue weighted by Gasteiger charge is 2.16. The van der Waals surface area contributed by atoms with Gasteiger partial charge in [0.05, 0.1) is 6.61 Å². The van der Waals surface area contributed by atoms with Crippen LogP contribution in [0.1, 0.15) is 41.6 Å². The van der Waals surface area contributed by atoms with Gasteiger partial charge in [0.25, 0.3) is 0 Å². The molecule has 0 bridgehead atoms. The predicted octanol–water partition coefficient (Wildman–Crippen LogP) is 2.94. The maximum absolute atomic E-state index is 12.3. The molecule has 4 nitrogen and oxygen atoms in total. The maximum atomic E-state index is 12.3. The van der Waals surface area contributed by atoms with Crippen LogP contribution < -0.4 is 4.74 Å². The topological polar surface area (TPSA) is 55.7 Å². The monoisotopic (exact) mass is 297 g/mol. The van der Waals surface area contributed by atoms with Crippen LogP contribution >= 0.6 is 0 Å². The second kappa shape index (κ2) is 6.69. The standard InChI is InChI=1S/C18H19NO3/c20-16(7-8-17(21)15-5-1-2-10-19-15)13-6-9-18-14(12-13)4-3-11-22-18/h1,5-6,9,12H,2-4,7-8,10-11H2. The van der Waals surface area contributed by atoms with Crippen molar-refractivity contribution < 1.29 is 14.3 Å². The van der Waals surface area contributed by atoms with E-state index in [0.717, 1.165) is 37.2 Å². The Hall–Kier alpha value is -2.23. The third-order valence-corrected chi connectivity index (χ3v) is 3.95. The molecule has 0 N–H and O–H groups in total. The Balaban J connectivity index is 1.61. The van der Waals surface area contributed by atoms with Gasteiger partial charge in [0.2, 0.25) is 0 Å². The molecule has 0 saturated heterocycles. The van der Waals surface area contributed by atoms with E-state index in [9.17, 15) is 9.59 Å². The molecule has 114 valence electrons. The van der Waals surface area contributed by atoms with Crippen molar-refractivity contribution >= 4 is 17.3 Å². The maximum Gasteiger partial charge on any atom is 0.181 e. The van der Waals surface area contributed by atoms with E-state index in [-0.39, 0.29) is 24.4 Å². The van der Waals surface area contributed by atoms with Crippen molar-refractivity contribution in [2.45, 2.75) is 32.1 Å². The van der Waals surface area contributed by atoms with Crippen molar-refractivity contribution in [1.82, 2.24) is 0 Å². The quantitative estimate of drug-likeness (QED) is 0.785. The van der Waals surface area contributed by atoms with Gasteiger partial charge in [0.1, 0.15) is 11.5 Å². The fraction of sp³-hybridized carbons (Fsp3) is 0.389. The summed E-state index contributed by atoms with van der Waals surface area (Å²) in [5.41, 5.74) is 2.25. The number of aryl methyl sites for hydroxylation is 1. The number of benzene rings is 1. The van der Waals surface area contributed by atoms with Gasteiger partial charge in [-0.05, 0) is 49.1 Å². The molecule has 0 radical (unpaired) electrons. The highest BCUT2D eigenvalue weighted by Crippen LogP contribution is 2.26. The number of carbonyl (C=O) groups excluding carboxylic acids is 2. The molecule has 2 heterocycles. The lowest BCUT2D eigenvalue weighted by Crippen LogP contribution is -2.16. The van der Waals surface area contributed by atoms with E-state index >= 15 is 0 Å². The lowest BCUT2D eigenvalue weighted by atomic mass is 9.98. The third-order valence-electron chi connectivity index (χ3n) is 3.95. The zero-order valence-electron chi connectivity index (χ0n) is 12.5. The van der Waals surface area contributed by atoms with Gasteiger partial charge in [-0.15, -0.1) is 0 Å². The summed E-state index contributed by atoms with van der Waals surface area (Å²) in [6, 6.07) is 5.55. The first-order valence-corrected chi connectivity index (χ1v) is 7.77. The number of dihydropyridines is 1. The molecule has 2 aliphatic rings. The molecule has 0 unspecified atom stereocenters. The Morgan fingerprint density at radius 2 is 2.05 bits per heavy atom. The van der Waals surface area contributed by atoms with Gasteiger partial charge in [-0.3, -0.25) is 14.6 Å². The van der Waals surface area contributed by atoms with Crippen LogP contribution in [-0.2, 0) is 11.2 Å². The van der Waals surface area contributed by atoms with E-state index < -0.39 is 0 Å². The molecule has 0 spiro atoms. The Kier molecular flexibility index (Phi) is 4.47. The van der Waals surface area contributed by atoms with Crippen LogP contribution in [0.2, 0.25) is 0 Å². The molecule has 1 aromatic carbocycles. The lowest BCUT2D eigenvalue weighted by molar-refractivity contribution is -0.112. The first-order valence-electron chi connectivity index (χ1n) is 7.77. The molecule has 0 aromatic heterocycles. The minimum atomic E-state index is -0.0504. The first-order chi connectivity index (χ1) is 10.7. The van der Waals surface area contributed by atoms with E-state index in [0.29, 0.717) is 17.8 Å². The van der Waals surface area contributed by atoms with E-state index in [1.165, 1.54) is 0 Å². The van der Waals surface area contributed by atoms with Crippen LogP contribution in [-0.4, -0.2) is 30.4 Å². The molecule has 0 atom stereocenters. The number of aliphatic imine (C=N–C) groups is 1. The molecule has 3 rings (SSSR count). The third kappa shape index (κ3) is 3.32. The van der Waals surface area contributed by atoms with Crippen LogP contribution in [0.25, 0.3) is 0 Å². The van der Waals surface area contributed by atoms with Crippen LogP contribution in [0.15, 0.2) is 35.3 Å². The van der Waals surface area contributed by atoms with Crippen LogP contribution in [0, 0.1) is 0 Å². The molecule has 0 saturated carbocycles. The molecule has 0 aliphatic carbocycles. The van der Waals surface area contributed by atoms with Crippen molar-refractivity contribution in [2.75, 3.05) is 13.2 Å². The minimum absolute atomic E-state index is 0.00196. The van der Waals surface area contributed by atoms with Crippen molar-refractivity contribution in [2.24, 2.45) is 4.99 Å². The SMILES string of the molecule is O=C(CCC(=O)c1ccc2c(c1)CCCO2)C1=NCCC=C1. The minimum Gasteiger partial charge on any atom is -0.493 e. The average molecular weight is 297 g/mol. The number of rotatable bonds is 5. The zero-order chi connectivity index (χ0) is 15.4. The first kappa shape index (κ1) is 14.7. The second-order valence-corrected chi connectivity index (χ2v) is 5.58. The highest BCUT2D eigenvalue weighted by molar-refractivity contribution is 6.44. The van der Waals surface area contributed by atoms with Gasteiger partial charge >= 0.3 is 0 Å². The normalized spacial score (nSPS) is 16.5. The van der Waals surface area contributed by atoms with Gasteiger partial charge in [-0.1, -0.05) is 6.08 Å². The number of fused-ring (bicyclic) bond motifs is 1. The predicted molar refractivity (Wildman–Crippen MR) is 84.9 cm³/mol. The Bertz CT molecular complexity index is 658. The summed E-state index contributed by atoms with van der Waals surface area (Å²) in [5, 5.41) is 0. The van der Waals surface area contributed by atoms with E-state index in [2.05, 4.69) is 4.99 Å². The molecule has 0 amide bonds. The fourth-order valence-corrected chi connectivity index (χ4v) is 2.72. The van der Waals surface area contributed by atoms with Gasteiger partial charge in [-0.25, -0.2) is 0 Å². The van der Waals surface area contributed by atoms with Gasteiger partial charge in [0.15, 0.2) is 11.6 Å². The van der Waals surface area contributed by atoms with Crippen molar-refractivity contribution in [3.63, 3.8) is 0 Å². The van der Waals surface area contributed by atoms with Gasteiger partial charge in [-0.2, -0.15) is 0 Å². The summed E-state index contributed by atoms with van der Waals surface area (Å²) >= 11 is 0. The van der Waals surface area contributed by atoms with Crippen LogP contribution in [0.5, 0.6) is 5.75 Å². The summed E-state index contributed by atoms with van der Waals surface area (Å²) < 4.78 is 5.55. The molecule has 4 heteroatoms. The number of ketones is 2. The largest absolute Gasteiger partial charge is 0.493 e. The fourth-order valence-electron chi connectivity index (χ4n) is 2.72. The highest BCUT2D eigenvalue weighted by atomic mass is 16.5. The number of nitrogens with zero attached hydrogens (tertiary/aromatic N) is 1. The Morgan fingerprint density at radius 3 is 2.86 bits per heavy atom. The van der Waals surface area contributed by atoms with Gasteiger partial charge in [0, 0.05) is 24.9 Å². The lowest BCUT2D eigenvalue weighted by Gasteiger charge is -2.17. The number of hydrogen-bond donors (Lipinski definition) is 0. The van der Waals surface area contributed by atoms with E-state index in [1.54, 1.807) is 12.1 Å². The van der Waals surface area contributed by atoms with Crippen molar-refractivity contribution in [1.29, 1.82) is 0 Å². The Morgan fingerprint density at radius 1 is 1.18 bits per heavy atom. The van der Waals surface area contributed by atoms with Gasteiger partial charge < -0.3 is 4.74 Å². The number of allylic oxidation sites excluding steroid dienone is 1. The van der Waals surface area contributed by atoms with Crippen molar-refractivity contribution in [3.8, 4) is 5.75 Å². The Labute approximate surface area is 129 Å². The summed E-state index contributed by atoms with van der Waals surface area (Å²) in [6.07, 6.45) is 6.96. The van der Waals surface area contributed by atoms with Crippen LogP contribution in [0.3, 0.4) is 0 Å². The number of hydrogen-bond acceptors (Lipinski definition) is 4. The number of carbonyl (C=O) groups is 2. The van der Waals surface area contributed by atoms with E-state index in [1.807, 2.05) is 18.2 Å². The molecular formula is C18H19NO3. The molecule has 2 aliphatic heterocycles. The van der Waals surface area contributed by atoms with Crippen LogP contribution in [0.4, 0.5) is 0 Å². The average Bonchev–Trinajstić information content (AvgIpc) is 2.59. The number of ether oxygens (including phenoxy) is 1. The molecule has 22 heavy (non-hydrogen) atoms. The smallest absolute Gasteiger partial charge is 0.181 e.